The number of fused-ring (bicyclic) bond motifs is 2. The van der Waals surface area contributed by atoms with Crippen LogP contribution >= 0.6 is 0 Å². The number of hydrogen-bond acceptors (Lipinski definition) is 4. The van der Waals surface area contributed by atoms with E-state index in [2.05, 4.69) is 0 Å². The zero-order chi connectivity index (χ0) is 16.6. The summed E-state index contributed by atoms with van der Waals surface area (Å²) in [6.45, 7) is 2.06. The number of carboxylic acid groups (broad SMARTS) is 1. The summed E-state index contributed by atoms with van der Waals surface area (Å²) >= 11 is 0. The van der Waals surface area contributed by atoms with Crippen LogP contribution < -0.4 is 4.74 Å². The highest BCUT2D eigenvalue weighted by molar-refractivity contribution is 7.89. The lowest BCUT2D eigenvalue weighted by Crippen LogP contribution is -2.42. The number of ether oxygens (including phenoxy) is 1. The molecule has 2 unspecified atom stereocenters. The van der Waals surface area contributed by atoms with Crippen molar-refractivity contribution in [2.24, 2.45) is 0 Å². The van der Waals surface area contributed by atoms with Crippen molar-refractivity contribution in [2.75, 3.05) is 6.61 Å². The summed E-state index contributed by atoms with van der Waals surface area (Å²) in [6, 6.07) is 3.88. The molecule has 3 rings (SSSR count). The van der Waals surface area contributed by atoms with Crippen LogP contribution in [0.5, 0.6) is 5.75 Å². The molecule has 1 aromatic rings. The van der Waals surface area contributed by atoms with Crippen LogP contribution in [-0.2, 0) is 10.0 Å². The number of sulfonamides is 1. The lowest BCUT2D eigenvalue weighted by molar-refractivity contribution is 0.0692. The Kier molecular flexibility index (Phi) is 4.16. The van der Waals surface area contributed by atoms with Gasteiger partial charge in [-0.25, -0.2) is 13.2 Å². The second-order valence-electron chi connectivity index (χ2n) is 5.69. The molecule has 23 heavy (non-hydrogen) atoms. The van der Waals surface area contributed by atoms with Crippen molar-refractivity contribution < 1.29 is 23.1 Å². The van der Waals surface area contributed by atoms with Crippen molar-refractivity contribution in [3.8, 4) is 5.75 Å². The fourth-order valence-electron chi connectivity index (χ4n) is 3.30. The highest BCUT2D eigenvalue weighted by atomic mass is 32.2. The van der Waals surface area contributed by atoms with Crippen molar-refractivity contribution in [3.63, 3.8) is 0 Å². The van der Waals surface area contributed by atoms with E-state index in [-0.39, 0.29) is 28.3 Å². The zero-order valence-corrected chi connectivity index (χ0v) is 13.6. The minimum atomic E-state index is -3.72. The minimum Gasteiger partial charge on any atom is -0.493 e. The molecule has 2 atom stereocenters. The summed E-state index contributed by atoms with van der Waals surface area (Å²) in [5.74, 6) is -1.02. The number of aromatic carboxylic acids is 1. The Morgan fingerprint density at radius 3 is 2.83 bits per heavy atom. The first-order valence-electron chi connectivity index (χ1n) is 7.65. The fraction of sp³-hybridized carbons (Fsp3) is 0.438. The van der Waals surface area contributed by atoms with Crippen LogP contribution in [0.3, 0.4) is 0 Å². The molecule has 2 heterocycles. The molecule has 2 aliphatic heterocycles. The summed E-state index contributed by atoms with van der Waals surface area (Å²) in [7, 11) is -3.72. The molecular formula is C16H19NO5S. The number of rotatable bonds is 5. The average molecular weight is 337 g/mol. The first kappa shape index (κ1) is 16.0. The number of hydrogen-bond donors (Lipinski definition) is 1. The molecule has 2 aliphatic rings. The normalized spacial score (nSPS) is 23.9. The molecule has 0 amide bonds. The summed E-state index contributed by atoms with van der Waals surface area (Å²) in [5.41, 5.74) is -0.132. The van der Waals surface area contributed by atoms with E-state index in [1.807, 2.05) is 12.2 Å². The smallest absolute Gasteiger partial charge is 0.339 e. The van der Waals surface area contributed by atoms with Gasteiger partial charge < -0.3 is 9.84 Å². The molecule has 7 heteroatoms. The molecular weight excluding hydrogens is 318 g/mol. The Morgan fingerprint density at radius 2 is 2.17 bits per heavy atom. The largest absolute Gasteiger partial charge is 0.493 e. The quantitative estimate of drug-likeness (QED) is 0.833. The zero-order valence-electron chi connectivity index (χ0n) is 12.8. The topological polar surface area (TPSA) is 83.9 Å². The molecule has 0 radical (unpaired) electrons. The first-order chi connectivity index (χ1) is 10.9. The van der Waals surface area contributed by atoms with Gasteiger partial charge in [-0.2, -0.15) is 4.31 Å². The summed E-state index contributed by atoms with van der Waals surface area (Å²) in [6.07, 6.45) is 6.30. The molecule has 124 valence electrons. The second-order valence-corrected chi connectivity index (χ2v) is 7.54. The lowest BCUT2D eigenvalue weighted by Gasteiger charge is -2.30. The van der Waals surface area contributed by atoms with E-state index >= 15 is 0 Å². The van der Waals surface area contributed by atoms with E-state index in [0.717, 1.165) is 12.8 Å². The molecule has 0 aliphatic carbocycles. The molecule has 1 fully saturated rings. The van der Waals surface area contributed by atoms with E-state index in [9.17, 15) is 18.3 Å². The van der Waals surface area contributed by atoms with E-state index in [1.54, 1.807) is 6.92 Å². The molecule has 0 aromatic heterocycles. The fourth-order valence-corrected chi connectivity index (χ4v) is 5.16. The SMILES string of the molecule is CCOc1ccc(S(=O)(=O)N2C3C=CCC2CC3)cc1C(=O)O. The van der Waals surface area contributed by atoms with E-state index in [0.29, 0.717) is 13.0 Å². The van der Waals surface area contributed by atoms with Gasteiger partial charge in [0, 0.05) is 12.1 Å². The third-order valence-corrected chi connectivity index (χ3v) is 6.28. The summed E-state index contributed by atoms with van der Waals surface area (Å²) < 4.78 is 32.7. The number of benzene rings is 1. The van der Waals surface area contributed by atoms with Gasteiger partial charge in [-0.3, -0.25) is 0 Å². The van der Waals surface area contributed by atoms with Crippen molar-refractivity contribution in [2.45, 2.75) is 43.2 Å². The van der Waals surface area contributed by atoms with Gasteiger partial charge in [0.1, 0.15) is 11.3 Å². The maximum atomic E-state index is 13.0. The highest BCUT2D eigenvalue weighted by Crippen LogP contribution is 2.37. The average Bonchev–Trinajstić information content (AvgIpc) is 2.79. The molecule has 1 aromatic carbocycles. The molecule has 2 bridgehead atoms. The lowest BCUT2D eigenvalue weighted by atomic mass is 10.2. The predicted octanol–water partition coefficient (Wildman–Crippen LogP) is 2.27. The Bertz CT molecular complexity index is 756. The van der Waals surface area contributed by atoms with Crippen molar-refractivity contribution in [1.82, 2.24) is 4.31 Å². The number of carbonyl (C=O) groups is 1. The van der Waals surface area contributed by atoms with Crippen LogP contribution in [0, 0.1) is 0 Å². The van der Waals surface area contributed by atoms with Gasteiger partial charge in [-0.1, -0.05) is 12.2 Å². The Balaban J connectivity index is 2.02. The highest BCUT2D eigenvalue weighted by Gasteiger charge is 2.42. The van der Waals surface area contributed by atoms with Gasteiger partial charge >= 0.3 is 5.97 Å². The monoisotopic (exact) mass is 337 g/mol. The summed E-state index contributed by atoms with van der Waals surface area (Å²) in [5, 5.41) is 9.31. The number of nitrogens with zero attached hydrogens (tertiary/aromatic N) is 1. The van der Waals surface area contributed by atoms with Gasteiger partial charge in [-0.05, 0) is 44.4 Å². The maximum absolute atomic E-state index is 13.0. The van der Waals surface area contributed by atoms with Crippen molar-refractivity contribution >= 4 is 16.0 Å². The third-order valence-electron chi connectivity index (χ3n) is 4.31. The van der Waals surface area contributed by atoms with Crippen LogP contribution in [0.25, 0.3) is 0 Å². The van der Waals surface area contributed by atoms with Crippen molar-refractivity contribution in [3.05, 3.63) is 35.9 Å². The van der Waals surface area contributed by atoms with Crippen LogP contribution in [-0.4, -0.2) is 42.5 Å². The molecule has 0 saturated carbocycles. The van der Waals surface area contributed by atoms with Crippen LogP contribution in [0.4, 0.5) is 0 Å². The maximum Gasteiger partial charge on any atom is 0.339 e. The molecule has 0 spiro atoms. The molecule has 1 saturated heterocycles. The Hall–Kier alpha value is -1.86. The van der Waals surface area contributed by atoms with Gasteiger partial charge in [0.15, 0.2) is 0 Å². The van der Waals surface area contributed by atoms with E-state index in [4.69, 9.17) is 4.74 Å². The predicted molar refractivity (Wildman–Crippen MR) is 84.2 cm³/mol. The van der Waals surface area contributed by atoms with E-state index in [1.165, 1.54) is 22.5 Å². The number of carboxylic acids is 1. The molecule has 1 N–H and O–H groups in total. The van der Waals surface area contributed by atoms with Crippen LogP contribution in [0.2, 0.25) is 0 Å². The standard InChI is InChI=1S/C16H19NO5S/c1-2-22-15-9-8-13(10-14(15)16(18)19)23(20,21)17-11-4-3-5-12(17)7-6-11/h3-4,8-12H,2,5-7H2,1H3,(H,18,19). The van der Waals surface area contributed by atoms with Crippen LogP contribution in [0.15, 0.2) is 35.2 Å². The first-order valence-corrected chi connectivity index (χ1v) is 9.09. The van der Waals surface area contributed by atoms with Gasteiger partial charge in [0.25, 0.3) is 0 Å². The summed E-state index contributed by atoms with van der Waals surface area (Å²) in [4.78, 5) is 11.4. The van der Waals surface area contributed by atoms with Crippen LogP contribution in [0.1, 0.15) is 36.5 Å². The Labute approximate surface area is 135 Å². The minimum absolute atomic E-state index is 0.00514. The van der Waals surface area contributed by atoms with E-state index < -0.39 is 16.0 Å². The van der Waals surface area contributed by atoms with Gasteiger partial charge in [0.05, 0.1) is 11.5 Å². The van der Waals surface area contributed by atoms with Gasteiger partial charge in [0.2, 0.25) is 10.0 Å². The van der Waals surface area contributed by atoms with Crippen molar-refractivity contribution in [1.29, 1.82) is 0 Å². The third kappa shape index (κ3) is 2.74. The second kappa shape index (κ2) is 5.98. The molecule has 6 nitrogen and oxygen atoms in total. The Morgan fingerprint density at radius 1 is 1.39 bits per heavy atom. The van der Waals surface area contributed by atoms with Gasteiger partial charge in [-0.15, -0.1) is 0 Å².